The minimum atomic E-state index is -3.51. The lowest BCUT2D eigenvalue weighted by Gasteiger charge is -2.12. The first-order valence-electron chi connectivity index (χ1n) is 8.36. The van der Waals surface area contributed by atoms with Crippen molar-refractivity contribution in [2.75, 3.05) is 34.4 Å². The molecule has 0 radical (unpaired) electrons. The number of ether oxygens (including phenoxy) is 2. The van der Waals surface area contributed by atoms with E-state index in [4.69, 9.17) is 9.47 Å². The van der Waals surface area contributed by atoms with Crippen molar-refractivity contribution in [2.45, 2.75) is 11.4 Å². The zero-order chi connectivity index (χ0) is 19.9. The van der Waals surface area contributed by atoms with Gasteiger partial charge in [0.05, 0.1) is 11.5 Å². The molecule has 1 N–H and O–H groups in total. The molecule has 2 rings (SSSR count). The number of carbonyl (C=O) groups excluding carboxylic acids is 1. The second-order valence-electron chi connectivity index (χ2n) is 5.98. The molecule has 0 aliphatic carbocycles. The second kappa shape index (κ2) is 9.50. The minimum Gasteiger partial charge on any atom is -0.491 e. The normalized spacial score (nSPS) is 11.4. The monoisotopic (exact) mass is 392 g/mol. The topological polar surface area (TPSA) is 84.9 Å². The highest BCUT2D eigenvalue weighted by molar-refractivity contribution is 7.89. The quantitative estimate of drug-likeness (QED) is 0.659. The molecule has 0 unspecified atom stereocenters. The molecular weight excluding hydrogens is 368 g/mol. The van der Waals surface area contributed by atoms with E-state index in [2.05, 4.69) is 5.32 Å². The number of methoxy groups -OCH3 is 1. The minimum absolute atomic E-state index is 0.146. The van der Waals surface area contributed by atoms with Crippen LogP contribution in [0.1, 0.15) is 15.9 Å². The Morgan fingerprint density at radius 1 is 1.00 bits per heavy atom. The fourth-order valence-corrected chi connectivity index (χ4v) is 3.12. The lowest BCUT2D eigenvalue weighted by molar-refractivity contribution is 0.0951. The highest BCUT2D eigenvalue weighted by atomic mass is 32.2. The van der Waals surface area contributed by atoms with Crippen molar-refractivity contribution in [3.8, 4) is 5.75 Å². The van der Waals surface area contributed by atoms with E-state index in [1.807, 2.05) is 24.3 Å². The van der Waals surface area contributed by atoms with Gasteiger partial charge in [0.15, 0.2) is 0 Å². The van der Waals surface area contributed by atoms with Crippen LogP contribution in [0.25, 0.3) is 0 Å². The third kappa shape index (κ3) is 5.78. The maximum atomic E-state index is 12.2. The molecule has 2 aromatic carbocycles. The Morgan fingerprint density at radius 2 is 1.63 bits per heavy atom. The molecule has 0 aliphatic heterocycles. The number of hydrogen-bond acceptors (Lipinski definition) is 5. The molecule has 0 heterocycles. The Balaban J connectivity index is 1.92. The summed E-state index contributed by atoms with van der Waals surface area (Å²) < 4.78 is 35.6. The molecular formula is C19H24N2O5S. The molecule has 0 atom stereocenters. The summed E-state index contributed by atoms with van der Waals surface area (Å²) in [4.78, 5) is 12.4. The molecule has 7 nitrogen and oxygen atoms in total. The summed E-state index contributed by atoms with van der Waals surface area (Å²) in [6, 6.07) is 13.3. The van der Waals surface area contributed by atoms with Crippen molar-refractivity contribution >= 4 is 15.9 Å². The molecule has 0 aliphatic rings. The molecule has 0 bridgehead atoms. The van der Waals surface area contributed by atoms with Crippen molar-refractivity contribution in [2.24, 2.45) is 0 Å². The maximum absolute atomic E-state index is 12.2. The number of nitrogens with one attached hydrogen (secondary N) is 1. The Morgan fingerprint density at radius 3 is 2.19 bits per heavy atom. The average Bonchev–Trinajstić information content (AvgIpc) is 2.67. The van der Waals surface area contributed by atoms with Gasteiger partial charge in [0.2, 0.25) is 10.0 Å². The van der Waals surface area contributed by atoms with Crippen molar-refractivity contribution in [1.82, 2.24) is 9.62 Å². The number of sulfonamides is 1. The van der Waals surface area contributed by atoms with Crippen LogP contribution in [-0.4, -0.2) is 53.0 Å². The fourth-order valence-electron chi connectivity index (χ4n) is 2.22. The fraction of sp³-hybridized carbons (Fsp3) is 0.316. The molecule has 0 spiro atoms. The molecule has 8 heteroatoms. The van der Waals surface area contributed by atoms with E-state index in [-0.39, 0.29) is 10.8 Å². The standard InChI is InChI=1S/C19H24N2O5S/c1-21(2)27(23,24)18-10-6-16(7-11-18)19(22)20-14-15-4-8-17(9-5-15)26-13-12-25-3/h4-11H,12-14H2,1-3H3,(H,20,22). The molecule has 0 fully saturated rings. The van der Waals surface area contributed by atoms with Gasteiger partial charge in [-0.05, 0) is 42.0 Å². The van der Waals surface area contributed by atoms with Gasteiger partial charge in [-0.1, -0.05) is 12.1 Å². The van der Waals surface area contributed by atoms with Crippen LogP contribution in [0.3, 0.4) is 0 Å². The van der Waals surface area contributed by atoms with Gasteiger partial charge in [-0.2, -0.15) is 0 Å². The van der Waals surface area contributed by atoms with Gasteiger partial charge in [-0.3, -0.25) is 4.79 Å². The first-order chi connectivity index (χ1) is 12.8. The summed E-state index contributed by atoms with van der Waals surface area (Å²) >= 11 is 0. The first-order valence-corrected chi connectivity index (χ1v) is 9.80. The molecule has 2 aromatic rings. The zero-order valence-electron chi connectivity index (χ0n) is 15.6. The third-order valence-electron chi connectivity index (χ3n) is 3.83. The Kier molecular flexibility index (Phi) is 7.35. The van der Waals surface area contributed by atoms with Crippen molar-refractivity contribution in [3.63, 3.8) is 0 Å². The predicted octanol–water partition coefficient (Wildman–Crippen LogP) is 1.89. The van der Waals surface area contributed by atoms with Gasteiger partial charge in [0.25, 0.3) is 5.91 Å². The summed E-state index contributed by atoms with van der Waals surface area (Å²) in [6.45, 7) is 1.35. The first kappa shape index (κ1) is 20.9. The van der Waals surface area contributed by atoms with Crippen molar-refractivity contribution < 1.29 is 22.7 Å². The van der Waals surface area contributed by atoms with Crippen LogP contribution in [0.4, 0.5) is 0 Å². The smallest absolute Gasteiger partial charge is 0.251 e. The van der Waals surface area contributed by atoms with Crippen molar-refractivity contribution in [1.29, 1.82) is 0 Å². The van der Waals surface area contributed by atoms with E-state index in [0.717, 1.165) is 15.6 Å². The number of carbonyl (C=O) groups is 1. The number of benzene rings is 2. The van der Waals surface area contributed by atoms with Crippen molar-refractivity contribution in [3.05, 3.63) is 59.7 Å². The highest BCUT2D eigenvalue weighted by Crippen LogP contribution is 2.15. The van der Waals surface area contributed by atoms with E-state index >= 15 is 0 Å². The summed E-state index contributed by atoms with van der Waals surface area (Å²) in [5.74, 6) is 0.462. The van der Waals surface area contributed by atoms with Gasteiger partial charge >= 0.3 is 0 Å². The van der Waals surface area contributed by atoms with E-state index in [9.17, 15) is 13.2 Å². The van der Waals surface area contributed by atoms with Gasteiger partial charge in [0, 0.05) is 33.3 Å². The SMILES string of the molecule is COCCOc1ccc(CNC(=O)c2ccc(S(=O)(=O)N(C)C)cc2)cc1. The molecule has 146 valence electrons. The third-order valence-corrected chi connectivity index (χ3v) is 5.66. The largest absolute Gasteiger partial charge is 0.491 e. The zero-order valence-corrected chi connectivity index (χ0v) is 16.5. The van der Waals surface area contributed by atoms with Crippen LogP contribution >= 0.6 is 0 Å². The summed E-state index contributed by atoms with van der Waals surface area (Å²) in [5, 5.41) is 2.81. The molecule has 27 heavy (non-hydrogen) atoms. The van der Waals surface area contributed by atoms with E-state index < -0.39 is 10.0 Å². The van der Waals surface area contributed by atoms with Crippen LogP contribution in [0.2, 0.25) is 0 Å². The van der Waals surface area contributed by atoms with Crippen LogP contribution in [-0.2, 0) is 21.3 Å². The van der Waals surface area contributed by atoms with Gasteiger partial charge in [-0.15, -0.1) is 0 Å². The second-order valence-corrected chi connectivity index (χ2v) is 8.13. The van der Waals surface area contributed by atoms with Gasteiger partial charge < -0.3 is 14.8 Å². The number of nitrogens with zero attached hydrogens (tertiary/aromatic N) is 1. The Labute approximate surface area is 160 Å². The molecule has 0 aromatic heterocycles. The maximum Gasteiger partial charge on any atom is 0.251 e. The lowest BCUT2D eigenvalue weighted by Crippen LogP contribution is -2.24. The molecule has 0 saturated carbocycles. The number of hydrogen-bond donors (Lipinski definition) is 1. The highest BCUT2D eigenvalue weighted by Gasteiger charge is 2.17. The van der Waals surface area contributed by atoms with Gasteiger partial charge in [0.1, 0.15) is 12.4 Å². The van der Waals surface area contributed by atoms with E-state index in [1.54, 1.807) is 7.11 Å². The van der Waals surface area contributed by atoms with Crippen LogP contribution in [0.5, 0.6) is 5.75 Å². The molecule has 0 saturated heterocycles. The van der Waals surface area contributed by atoms with Crippen LogP contribution in [0, 0.1) is 0 Å². The summed E-state index contributed by atoms with van der Waals surface area (Å²) in [5.41, 5.74) is 1.32. The van der Waals surface area contributed by atoms with Crippen LogP contribution < -0.4 is 10.1 Å². The van der Waals surface area contributed by atoms with Crippen LogP contribution in [0.15, 0.2) is 53.4 Å². The average molecular weight is 392 g/mol. The number of amides is 1. The lowest BCUT2D eigenvalue weighted by atomic mass is 10.2. The van der Waals surface area contributed by atoms with Gasteiger partial charge in [-0.25, -0.2) is 12.7 Å². The Bertz CT molecular complexity index is 847. The predicted molar refractivity (Wildman–Crippen MR) is 102 cm³/mol. The van der Waals surface area contributed by atoms with E-state index in [0.29, 0.717) is 25.3 Å². The Hall–Kier alpha value is -2.42. The summed E-state index contributed by atoms with van der Waals surface area (Å²) in [6.07, 6.45) is 0. The summed E-state index contributed by atoms with van der Waals surface area (Å²) in [7, 11) is 1.03. The molecule has 1 amide bonds. The number of rotatable bonds is 9. The van der Waals surface area contributed by atoms with E-state index in [1.165, 1.54) is 38.4 Å².